The van der Waals surface area contributed by atoms with Gasteiger partial charge in [0.1, 0.15) is 24.3 Å². The van der Waals surface area contributed by atoms with Crippen molar-refractivity contribution in [1.82, 2.24) is 19.9 Å². The molecule has 1 aliphatic carbocycles. The molecule has 24 heavy (non-hydrogen) atoms. The van der Waals surface area contributed by atoms with Crippen molar-refractivity contribution in [2.24, 2.45) is 0 Å². The van der Waals surface area contributed by atoms with Crippen molar-refractivity contribution in [2.45, 2.75) is 51.1 Å². The van der Waals surface area contributed by atoms with Crippen LogP contribution in [0.1, 0.15) is 42.1 Å². The number of rotatable bonds is 3. The van der Waals surface area contributed by atoms with Crippen molar-refractivity contribution in [1.29, 1.82) is 0 Å². The number of aromatic nitrogens is 4. The molecule has 2 aromatic rings. The van der Waals surface area contributed by atoms with Gasteiger partial charge in [0.15, 0.2) is 0 Å². The molecule has 0 N–H and O–H groups in total. The summed E-state index contributed by atoms with van der Waals surface area (Å²) in [5, 5.41) is 0. The molecular weight excluding hydrogens is 300 g/mol. The fourth-order valence-corrected chi connectivity index (χ4v) is 4.07. The topological polar surface area (TPSA) is 58.0 Å². The maximum atomic E-state index is 4.56. The van der Waals surface area contributed by atoms with Crippen molar-refractivity contribution in [3.05, 3.63) is 35.7 Å². The summed E-state index contributed by atoms with van der Waals surface area (Å²) in [6.45, 7) is 6.21. The largest absolute Gasteiger partial charge is 0.352 e. The molecule has 2 unspecified atom stereocenters. The Bertz CT molecular complexity index is 775. The van der Waals surface area contributed by atoms with Crippen LogP contribution in [-0.4, -0.2) is 45.1 Å². The van der Waals surface area contributed by atoms with Gasteiger partial charge in [0.2, 0.25) is 0 Å². The van der Waals surface area contributed by atoms with E-state index < -0.39 is 0 Å². The fraction of sp³-hybridized carbons (Fsp3) is 0.556. The van der Waals surface area contributed by atoms with Crippen molar-refractivity contribution < 1.29 is 0 Å². The molecule has 6 rings (SSSR count). The number of hydrogen-bond donors (Lipinski definition) is 0. The van der Waals surface area contributed by atoms with Crippen LogP contribution in [0, 0.1) is 13.8 Å². The van der Waals surface area contributed by atoms with Crippen LogP contribution in [0.3, 0.4) is 0 Å². The lowest BCUT2D eigenvalue weighted by atomic mass is 9.87. The molecule has 2 atom stereocenters. The van der Waals surface area contributed by atoms with Gasteiger partial charge in [0, 0.05) is 42.0 Å². The first-order valence-corrected chi connectivity index (χ1v) is 8.84. The molecule has 0 aromatic carbocycles. The van der Waals surface area contributed by atoms with Gasteiger partial charge in [-0.2, -0.15) is 0 Å². The number of piperazine rings is 1. The van der Waals surface area contributed by atoms with Crippen LogP contribution in [0.2, 0.25) is 0 Å². The fourth-order valence-electron chi connectivity index (χ4n) is 4.07. The van der Waals surface area contributed by atoms with E-state index in [4.69, 9.17) is 0 Å². The molecule has 0 radical (unpaired) electrons. The molecule has 2 aromatic heterocycles. The lowest BCUT2D eigenvalue weighted by Crippen LogP contribution is -2.69. The number of anilines is 2. The first-order chi connectivity index (χ1) is 11.7. The summed E-state index contributed by atoms with van der Waals surface area (Å²) < 4.78 is 0. The first kappa shape index (κ1) is 14.1. The molecule has 6 nitrogen and oxygen atoms in total. The monoisotopic (exact) mass is 322 g/mol. The van der Waals surface area contributed by atoms with Gasteiger partial charge in [0.25, 0.3) is 0 Å². The van der Waals surface area contributed by atoms with E-state index in [0.717, 1.165) is 30.4 Å². The summed E-state index contributed by atoms with van der Waals surface area (Å²) in [5.41, 5.74) is 3.50. The third kappa shape index (κ3) is 2.16. The Hall–Kier alpha value is -2.24. The molecule has 1 saturated carbocycles. The second-order valence-electron chi connectivity index (χ2n) is 7.34. The van der Waals surface area contributed by atoms with Gasteiger partial charge >= 0.3 is 0 Å². The van der Waals surface area contributed by atoms with Crippen LogP contribution in [0.15, 0.2) is 18.7 Å². The highest BCUT2D eigenvalue weighted by Gasteiger charge is 2.46. The lowest BCUT2D eigenvalue weighted by molar-refractivity contribution is 0.287. The molecule has 4 fully saturated rings. The van der Waals surface area contributed by atoms with E-state index >= 15 is 0 Å². The van der Waals surface area contributed by atoms with Crippen LogP contribution in [-0.2, 0) is 0 Å². The van der Waals surface area contributed by atoms with E-state index in [0.29, 0.717) is 18.0 Å². The molecule has 0 spiro atoms. The third-order valence-electron chi connectivity index (χ3n) is 5.74. The molecule has 124 valence electrons. The summed E-state index contributed by atoms with van der Waals surface area (Å²) in [7, 11) is 0. The van der Waals surface area contributed by atoms with Gasteiger partial charge in [-0.1, -0.05) is 0 Å². The Balaban J connectivity index is 1.37. The highest BCUT2D eigenvalue weighted by Crippen LogP contribution is 2.41. The van der Waals surface area contributed by atoms with Crippen LogP contribution in [0.5, 0.6) is 0 Å². The molecule has 5 heterocycles. The van der Waals surface area contributed by atoms with Crippen molar-refractivity contribution >= 4 is 11.6 Å². The number of aryl methyl sites for hydroxylation is 1. The van der Waals surface area contributed by atoms with E-state index in [9.17, 15) is 0 Å². The zero-order chi connectivity index (χ0) is 16.3. The van der Waals surface area contributed by atoms with Crippen LogP contribution < -0.4 is 9.80 Å². The minimum atomic E-state index is 0.524. The maximum Gasteiger partial charge on any atom is 0.135 e. The molecule has 3 aliphatic heterocycles. The molecule has 4 aliphatic rings. The summed E-state index contributed by atoms with van der Waals surface area (Å²) >= 11 is 0. The molecule has 6 heteroatoms. The SMILES string of the molecule is Cc1ncnc(N2C3CC2CN(c2cc(C4CC4)ncn2)C3)c1C. The van der Waals surface area contributed by atoms with Gasteiger partial charge in [0.05, 0.1) is 12.1 Å². The van der Waals surface area contributed by atoms with Gasteiger partial charge in [-0.25, -0.2) is 19.9 Å². The predicted octanol–water partition coefficient (Wildman–Crippen LogP) is 2.23. The normalized spacial score (nSPS) is 25.6. The zero-order valence-corrected chi connectivity index (χ0v) is 14.2. The average Bonchev–Trinajstić information content (AvgIpc) is 3.44. The highest BCUT2D eigenvalue weighted by molar-refractivity contribution is 5.56. The Morgan fingerprint density at radius 3 is 2.46 bits per heavy atom. The van der Waals surface area contributed by atoms with Crippen molar-refractivity contribution in [2.75, 3.05) is 22.9 Å². The third-order valence-corrected chi connectivity index (χ3v) is 5.74. The minimum absolute atomic E-state index is 0.524. The number of nitrogens with zero attached hydrogens (tertiary/aromatic N) is 6. The second-order valence-corrected chi connectivity index (χ2v) is 7.34. The Morgan fingerprint density at radius 2 is 1.71 bits per heavy atom. The average molecular weight is 322 g/mol. The molecular formula is C18H22N6. The van der Waals surface area contributed by atoms with E-state index in [1.165, 1.54) is 30.5 Å². The van der Waals surface area contributed by atoms with Crippen LogP contribution in [0.25, 0.3) is 0 Å². The number of fused-ring (bicyclic) bond motifs is 2. The quantitative estimate of drug-likeness (QED) is 0.864. The van der Waals surface area contributed by atoms with E-state index in [-0.39, 0.29) is 0 Å². The summed E-state index contributed by atoms with van der Waals surface area (Å²) in [5.74, 6) is 2.89. The van der Waals surface area contributed by atoms with Gasteiger partial charge < -0.3 is 9.80 Å². The number of hydrogen-bond acceptors (Lipinski definition) is 6. The van der Waals surface area contributed by atoms with Gasteiger partial charge in [-0.15, -0.1) is 0 Å². The summed E-state index contributed by atoms with van der Waals surface area (Å²) in [6, 6.07) is 3.25. The molecule has 2 bridgehead atoms. The summed E-state index contributed by atoms with van der Waals surface area (Å²) in [4.78, 5) is 22.7. The highest BCUT2D eigenvalue weighted by atomic mass is 15.4. The predicted molar refractivity (Wildman–Crippen MR) is 92.4 cm³/mol. The van der Waals surface area contributed by atoms with Crippen molar-refractivity contribution in [3.63, 3.8) is 0 Å². The smallest absolute Gasteiger partial charge is 0.135 e. The zero-order valence-electron chi connectivity index (χ0n) is 14.2. The van der Waals surface area contributed by atoms with E-state index in [2.05, 4.69) is 49.6 Å². The van der Waals surface area contributed by atoms with Crippen molar-refractivity contribution in [3.8, 4) is 0 Å². The van der Waals surface area contributed by atoms with E-state index in [1.54, 1.807) is 12.7 Å². The van der Waals surface area contributed by atoms with Crippen LogP contribution >= 0.6 is 0 Å². The van der Waals surface area contributed by atoms with Gasteiger partial charge in [-0.05, 0) is 33.1 Å². The van der Waals surface area contributed by atoms with Gasteiger partial charge in [-0.3, -0.25) is 0 Å². The Kier molecular flexibility index (Phi) is 3.02. The summed E-state index contributed by atoms with van der Waals surface area (Å²) in [6.07, 6.45) is 7.23. The van der Waals surface area contributed by atoms with E-state index in [1.807, 2.05) is 0 Å². The molecule has 0 amide bonds. The minimum Gasteiger partial charge on any atom is -0.352 e. The molecule has 3 saturated heterocycles. The Labute approximate surface area is 142 Å². The van der Waals surface area contributed by atoms with Crippen LogP contribution in [0.4, 0.5) is 11.6 Å². The standard InChI is InChI=1S/C18H22N6/c1-11-12(2)19-9-22-18(11)24-14-5-15(24)8-23(7-14)17-6-16(13-3-4-13)20-10-21-17/h6,9-10,13-15H,3-5,7-8H2,1-2H3. The second kappa shape index (κ2) is 5.13. The Morgan fingerprint density at radius 1 is 0.958 bits per heavy atom. The maximum absolute atomic E-state index is 4.56. The first-order valence-electron chi connectivity index (χ1n) is 8.84. The lowest BCUT2D eigenvalue weighted by Gasteiger charge is -2.57. The number of piperidine rings is 1.